The van der Waals surface area contributed by atoms with Crippen LogP contribution in [0.3, 0.4) is 0 Å². The Morgan fingerprint density at radius 1 is 1.26 bits per heavy atom. The van der Waals surface area contributed by atoms with E-state index >= 15 is 0 Å². The lowest BCUT2D eigenvalue weighted by molar-refractivity contribution is 0.0788. The third-order valence-electron chi connectivity index (χ3n) is 4.84. The molecule has 2 fully saturated rings. The van der Waals surface area contributed by atoms with Crippen LogP contribution in [0.5, 0.6) is 0 Å². The molecule has 7 nitrogen and oxygen atoms in total. The van der Waals surface area contributed by atoms with Crippen molar-refractivity contribution in [1.29, 1.82) is 0 Å². The summed E-state index contributed by atoms with van der Waals surface area (Å²) >= 11 is 0. The highest BCUT2D eigenvalue weighted by Gasteiger charge is 2.30. The summed E-state index contributed by atoms with van der Waals surface area (Å²) in [5, 5.41) is 9.45. The maximum absolute atomic E-state index is 12.5. The summed E-state index contributed by atoms with van der Waals surface area (Å²) in [6.45, 7) is 1.03. The Bertz CT molecular complexity index is 664. The van der Waals surface area contributed by atoms with Crippen LogP contribution in [0, 0.1) is 5.92 Å². The van der Waals surface area contributed by atoms with Crippen molar-refractivity contribution < 1.29 is 13.2 Å². The molecule has 0 spiro atoms. The fraction of sp³-hybridized carbons (Fsp3) is 0.733. The third-order valence-corrected chi connectivity index (χ3v) is 5.77. The quantitative estimate of drug-likeness (QED) is 0.888. The standard InChI is InChI=1S/C15H24N4O3S/c16-23(21,22)11-12-6-7-18(9-12)15(20)13-8-17-19(10-13)14-4-2-1-3-5-14/h8,10,12,14H,1-7,9,11H2,(H2,16,21,22). The second kappa shape index (κ2) is 6.60. The number of nitrogens with two attached hydrogens (primary N) is 1. The molecule has 2 aliphatic rings. The van der Waals surface area contributed by atoms with Gasteiger partial charge in [0.1, 0.15) is 0 Å². The first kappa shape index (κ1) is 16.4. The minimum Gasteiger partial charge on any atom is -0.338 e. The van der Waals surface area contributed by atoms with Crippen LogP contribution >= 0.6 is 0 Å². The fourth-order valence-electron chi connectivity index (χ4n) is 3.66. The zero-order valence-corrected chi connectivity index (χ0v) is 14.0. The lowest BCUT2D eigenvalue weighted by Gasteiger charge is -2.21. The van der Waals surface area contributed by atoms with Crippen molar-refractivity contribution in [2.45, 2.75) is 44.6 Å². The normalized spacial score (nSPS) is 23.3. The molecule has 1 aliphatic heterocycles. The molecule has 1 aliphatic carbocycles. The second-order valence-corrected chi connectivity index (χ2v) is 8.40. The molecular formula is C15H24N4O3S. The van der Waals surface area contributed by atoms with Crippen molar-refractivity contribution in [3.8, 4) is 0 Å². The maximum Gasteiger partial charge on any atom is 0.257 e. The lowest BCUT2D eigenvalue weighted by Crippen LogP contribution is -2.30. The fourth-order valence-corrected chi connectivity index (χ4v) is 4.59. The van der Waals surface area contributed by atoms with E-state index in [0.717, 1.165) is 12.8 Å². The van der Waals surface area contributed by atoms with Crippen LogP contribution < -0.4 is 5.14 Å². The van der Waals surface area contributed by atoms with Crippen LogP contribution in [0.2, 0.25) is 0 Å². The number of likely N-dealkylation sites (tertiary alicyclic amines) is 1. The molecule has 3 rings (SSSR count). The summed E-state index contributed by atoms with van der Waals surface area (Å²) in [6, 6.07) is 0.402. The minimum atomic E-state index is -3.49. The number of amides is 1. The SMILES string of the molecule is NS(=O)(=O)CC1CCN(C(=O)c2cnn(C3CCCCC3)c2)C1. The van der Waals surface area contributed by atoms with E-state index < -0.39 is 10.0 Å². The number of hydrogen-bond donors (Lipinski definition) is 1. The summed E-state index contributed by atoms with van der Waals surface area (Å²) in [7, 11) is -3.49. The average Bonchev–Trinajstić information content (AvgIpc) is 3.15. The van der Waals surface area contributed by atoms with Gasteiger partial charge in [-0.15, -0.1) is 0 Å². The van der Waals surface area contributed by atoms with Gasteiger partial charge in [-0.05, 0) is 25.2 Å². The molecule has 1 saturated heterocycles. The second-order valence-electron chi connectivity index (χ2n) is 6.74. The van der Waals surface area contributed by atoms with Gasteiger partial charge in [0.2, 0.25) is 10.0 Å². The molecule has 0 radical (unpaired) electrons. The zero-order valence-electron chi connectivity index (χ0n) is 13.2. The van der Waals surface area contributed by atoms with Gasteiger partial charge in [0, 0.05) is 19.3 Å². The number of nitrogens with zero attached hydrogens (tertiary/aromatic N) is 3. The van der Waals surface area contributed by atoms with Gasteiger partial charge >= 0.3 is 0 Å². The van der Waals surface area contributed by atoms with Crippen LogP contribution in [0.4, 0.5) is 0 Å². The van der Waals surface area contributed by atoms with Gasteiger partial charge in [-0.2, -0.15) is 5.10 Å². The van der Waals surface area contributed by atoms with E-state index in [2.05, 4.69) is 5.10 Å². The van der Waals surface area contributed by atoms with Crippen LogP contribution in [0.25, 0.3) is 0 Å². The molecular weight excluding hydrogens is 316 g/mol. The van der Waals surface area contributed by atoms with E-state index in [1.807, 2.05) is 10.9 Å². The Hall–Kier alpha value is -1.41. The molecule has 8 heteroatoms. The number of carbonyl (C=O) groups excluding carboxylic acids is 1. The molecule has 1 aromatic heterocycles. The predicted molar refractivity (Wildman–Crippen MR) is 86.3 cm³/mol. The van der Waals surface area contributed by atoms with Gasteiger partial charge in [0.25, 0.3) is 5.91 Å². The monoisotopic (exact) mass is 340 g/mol. The van der Waals surface area contributed by atoms with Gasteiger partial charge < -0.3 is 4.90 Å². The number of carbonyl (C=O) groups is 1. The Kier molecular flexibility index (Phi) is 4.72. The van der Waals surface area contributed by atoms with E-state index in [9.17, 15) is 13.2 Å². The van der Waals surface area contributed by atoms with Crippen molar-refractivity contribution >= 4 is 15.9 Å². The molecule has 1 amide bonds. The molecule has 0 aromatic carbocycles. The summed E-state index contributed by atoms with van der Waals surface area (Å²) in [5.41, 5.74) is 0.590. The van der Waals surface area contributed by atoms with E-state index in [1.54, 1.807) is 11.1 Å². The van der Waals surface area contributed by atoms with Gasteiger partial charge in [0.15, 0.2) is 0 Å². The van der Waals surface area contributed by atoms with Crippen molar-refractivity contribution in [2.75, 3.05) is 18.8 Å². The van der Waals surface area contributed by atoms with Crippen LogP contribution in [-0.4, -0.2) is 47.8 Å². The maximum atomic E-state index is 12.5. The van der Waals surface area contributed by atoms with Crippen LogP contribution in [-0.2, 0) is 10.0 Å². The van der Waals surface area contributed by atoms with Crippen molar-refractivity contribution in [2.24, 2.45) is 11.1 Å². The Balaban J connectivity index is 1.61. The first-order valence-corrected chi connectivity index (χ1v) is 9.98. The molecule has 2 N–H and O–H groups in total. The molecule has 23 heavy (non-hydrogen) atoms. The number of hydrogen-bond acceptors (Lipinski definition) is 4. The third kappa shape index (κ3) is 4.11. The van der Waals surface area contributed by atoms with Gasteiger partial charge in [-0.25, -0.2) is 13.6 Å². The van der Waals surface area contributed by atoms with Crippen LogP contribution in [0.15, 0.2) is 12.4 Å². The number of sulfonamides is 1. The Morgan fingerprint density at radius 2 is 2.00 bits per heavy atom. The van der Waals surface area contributed by atoms with E-state index in [-0.39, 0.29) is 17.6 Å². The summed E-state index contributed by atoms with van der Waals surface area (Å²) in [6.07, 6.45) is 10.1. The van der Waals surface area contributed by atoms with Gasteiger partial charge in [-0.3, -0.25) is 9.48 Å². The molecule has 1 aromatic rings. The largest absolute Gasteiger partial charge is 0.338 e. The van der Waals surface area contributed by atoms with Crippen molar-refractivity contribution in [1.82, 2.24) is 14.7 Å². The summed E-state index contributed by atoms with van der Waals surface area (Å²) in [4.78, 5) is 14.3. The number of aromatic nitrogens is 2. The number of primary sulfonamides is 1. The van der Waals surface area contributed by atoms with E-state index in [4.69, 9.17) is 5.14 Å². The number of rotatable bonds is 4. The molecule has 1 saturated carbocycles. The van der Waals surface area contributed by atoms with E-state index in [0.29, 0.717) is 31.1 Å². The van der Waals surface area contributed by atoms with E-state index in [1.165, 1.54) is 19.3 Å². The first-order chi connectivity index (χ1) is 10.9. The highest BCUT2D eigenvalue weighted by Crippen LogP contribution is 2.28. The van der Waals surface area contributed by atoms with Crippen molar-refractivity contribution in [3.05, 3.63) is 18.0 Å². The molecule has 1 atom stereocenters. The molecule has 1 unspecified atom stereocenters. The highest BCUT2D eigenvalue weighted by atomic mass is 32.2. The molecule has 2 heterocycles. The summed E-state index contributed by atoms with van der Waals surface area (Å²) < 4.78 is 24.3. The lowest BCUT2D eigenvalue weighted by atomic mass is 9.96. The van der Waals surface area contributed by atoms with Gasteiger partial charge in [0.05, 0.1) is 23.6 Å². The first-order valence-electron chi connectivity index (χ1n) is 8.26. The van der Waals surface area contributed by atoms with Crippen molar-refractivity contribution in [3.63, 3.8) is 0 Å². The highest BCUT2D eigenvalue weighted by molar-refractivity contribution is 7.89. The van der Waals surface area contributed by atoms with Crippen LogP contribution in [0.1, 0.15) is 54.9 Å². The topological polar surface area (TPSA) is 98.3 Å². The molecule has 128 valence electrons. The minimum absolute atomic E-state index is 0.0574. The Morgan fingerprint density at radius 3 is 2.70 bits per heavy atom. The summed E-state index contributed by atoms with van der Waals surface area (Å²) in [5.74, 6) is -0.190. The Labute approximate surface area is 136 Å². The average molecular weight is 340 g/mol. The smallest absolute Gasteiger partial charge is 0.257 e. The molecule has 0 bridgehead atoms. The predicted octanol–water partition coefficient (Wildman–Crippen LogP) is 1.14. The zero-order chi connectivity index (χ0) is 16.4. The van der Waals surface area contributed by atoms with Gasteiger partial charge in [-0.1, -0.05) is 19.3 Å².